The van der Waals surface area contributed by atoms with E-state index in [-0.39, 0.29) is 21.7 Å². The molecule has 9 aromatic carbocycles. The Morgan fingerprint density at radius 1 is 0.359 bits per heavy atom. The van der Waals surface area contributed by atoms with Crippen LogP contribution in [0.15, 0.2) is 237 Å². The monoisotopic (exact) mass is 1020 g/mol. The highest BCUT2D eigenvalue weighted by atomic mass is 16.5. The lowest BCUT2D eigenvalue weighted by molar-refractivity contribution is 0.483. The molecule has 0 amide bonds. The van der Waals surface area contributed by atoms with E-state index in [4.69, 9.17) is 9.72 Å². The van der Waals surface area contributed by atoms with Crippen LogP contribution < -0.4 is 14.5 Å². The smallest absolute Gasteiger partial charge is 0.137 e. The molecule has 0 N–H and O–H groups in total. The number of aromatic nitrogens is 2. The van der Waals surface area contributed by atoms with Crippen molar-refractivity contribution in [1.29, 1.82) is 0 Å². The quantitative estimate of drug-likeness (QED) is 0.122. The molecule has 0 atom stereocenters. The Morgan fingerprint density at radius 3 is 1.55 bits per heavy atom. The minimum absolute atomic E-state index is 0.0459. The molecule has 0 bridgehead atoms. The molecule has 0 radical (unpaired) electrons. The van der Waals surface area contributed by atoms with Crippen LogP contribution in [0.2, 0.25) is 0 Å². The summed E-state index contributed by atoms with van der Waals surface area (Å²) in [6, 6.07) is 84.0. The Bertz CT molecular complexity index is 3910. The molecular formula is C73H68N4O. The molecule has 0 saturated heterocycles. The molecule has 0 aliphatic carbocycles. The molecule has 5 nitrogen and oxygen atoms in total. The summed E-state index contributed by atoms with van der Waals surface area (Å²) in [5.74, 6) is 2.39. The topological polar surface area (TPSA) is 33.5 Å². The van der Waals surface area contributed by atoms with E-state index in [0.717, 1.165) is 50.8 Å². The van der Waals surface area contributed by atoms with Crippen LogP contribution in [0.1, 0.15) is 101 Å². The second-order valence-electron chi connectivity index (χ2n) is 23.8. The molecule has 5 heteroatoms. The highest BCUT2D eigenvalue weighted by Crippen LogP contribution is 2.50. The van der Waals surface area contributed by atoms with Gasteiger partial charge in [-0.25, -0.2) is 4.98 Å². The van der Waals surface area contributed by atoms with Crippen molar-refractivity contribution in [2.24, 2.45) is 0 Å². The highest BCUT2D eigenvalue weighted by molar-refractivity contribution is 6.10. The van der Waals surface area contributed by atoms with Gasteiger partial charge in [0, 0.05) is 56.7 Å². The van der Waals surface area contributed by atoms with Gasteiger partial charge in [-0.2, -0.15) is 0 Å². The first-order valence-electron chi connectivity index (χ1n) is 27.4. The van der Waals surface area contributed by atoms with Gasteiger partial charge in [0.05, 0.1) is 22.4 Å². The predicted molar refractivity (Wildman–Crippen MR) is 327 cm³/mol. The molecular weight excluding hydrogens is 949 g/mol. The van der Waals surface area contributed by atoms with Gasteiger partial charge < -0.3 is 14.5 Å². The van der Waals surface area contributed by atoms with Crippen LogP contribution >= 0.6 is 0 Å². The van der Waals surface area contributed by atoms with E-state index >= 15 is 0 Å². The summed E-state index contributed by atoms with van der Waals surface area (Å²) in [4.78, 5) is 9.97. The molecule has 0 fully saturated rings. The standard InChI is InChI=1S/C73H68N4O/c1-70(2,3)55-39-40-74-69(46-55)77-65-37-33-51(50-23-14-10-15-24-50)41-64(65)63-36-35-62(48-67(63)77)78-61-32-22-31-59(47-61)75-49-76(68-45-56(34-38-66(68)75)71(4,5)52-25-16-11-17-26-52)60-43-57(72(6,7)53-27-18-12-19-28-53)42-58(44-60)73(8,9)54-29-20-13-21-30-54/h10-48H,49H2,1-9H3. The lowest BCUT2D eigenvalue weighted by Gasteiger charge is -2.33. The molecule has 0 unspecified atom stereocenters. The number of fused-ring (bicyclic) bond motifs is 4. The van der Waals surface area contributed by atoms with Crippen molar-refractivity contribution in [2.75, 3.05) is 16.5 Å². The van der Waals surface area contributed by atoms with Gasteiger partial charge in [-0.15, -0.1) is 0 Å². The lowest BCUT2D eigenvalue weighted by Crippen LogP contribution is -2.27. The Balaban J connectivity index is 0.966. The summed E-state index contributed by atoms with van der Waals surface area (Å²) in [7, 11) is 0. The SMILES string of the molecule is CC(C)(C)c1ccnc(-n2c3ccc(-c4ccccc4)cc3c3ccc(Oc4cccc(N5CN(c6cc(C(C)(C)c7ccccc7)cc(C(C)(C)c7ccccc7)c6)c6cc(C(C)(C)c7ccccc7)ccc65)c4)cc32)c1. The van der Waals surface area contributed by atoms with E-state index < -0.39 is 0 Å². The maximum atomic E-state index is 6.97. The van der Waals surface area contributed by atoms with E-state index in [2.05, 4.69) is 307 Å². The lowest BCUT2D eigenvalue weighted by atomic mass is 9.73. The van der Waals surface area contributed by atoms with Crippen molar-refractivity contribution in [3.8, 4) is 28.4 Å². The number of anilines is 4. The number of pyridine rings is 1. The normalized spacial score (nSPS) is 13.1. The van der Waals surface area contributed by atoms with Crippen LogP contribution in [0.3, 0.4) is 0 Å². The van der Waals surface area contributed by atoms with Crippen LogP contribution in [-0.2, 0) is 21.7 Å². The van der Waals surface area contributed by atoms with Crippen LogP contribution in [0.25, 0.3) is 38.8 Å². The van der Waals surface area contributed by atoms with E-state index in [1.54, 1.807) is 0 Å². The zero-order valence-corrected chi connectivity index (χ0v) is 46.4. The van der Waals surface area contributed by atoms with Crippen molar-refractivity contribution in [3.63, 3.8) is 0 Å². The van der Waals surface area contributed by atoms with Gasteiger partial charge in [-0.3, -0.25) is 4.57 Å². The Hall–Kier alpha value is -8.67. The average molecular weight is 1020 g/mol. The van der Waals surface area contributed by atoms with Crippen molar-refractivity contribution >= 4 is 44.6 Å². The molecule has 1 aliphatic heterocycles. The fraction of sp³-hybridized carbons (Fsp3) is 0.192. The molecule has 3 heterocycles. The molecule has 0 spiro atoms. The number of hydrogen-bond acceptors (Lipinski definition) is 4. The zero-order valence-electron chi connectivity index (χ0n) is 46.4. The van der Waals surface area contributed by atoms with Gasteiger partial charge in [0.1, 0.15) is 24.0 Å². The van der Waals surface area contributed by atoms with Gasteiger partial charge in [-0.1, -0.05) is 208 Å². The maximum Gasteiger partial charge on any atom is 0.137 e. The molecule has 2 aromatic heterocycles. The first-order valence-corrected chi connectivity index (χ1v) is 27.4. The summed E-state index contributed by atoms with van der Waals surface area (Å²) < 4.78 is 9.27. The van der Waals surface area contributed by atoms with Gasteiger partial charge >= 0.3 is 0 Å². The van der Waals surface area contributed by atoms with Crippen molar-refractivity contribution in [2.45, 2.75) is 84.0 Å². The summed E-state index contributed by atoms with van der Waals surface area (Å²) in [5.41, 5.74) is 17.0. The van der Waals surface area contributed by atoms with Gasteiger partial charge in [0.15, 0.2) is 0 Å². The third kappa shape index (κ3) is 9.11. The minimum Gasteiger partial charge on any atom is -0.457 e. The number of rotatable bonds is 12. The summed E-state index contributed by atoms with van der Waals surface area (Å²) >= 11 is 0. The van der Waals surface area contributed by atoms with Gasteiger partial charge in [0.2, 0.25) is 0 Å². The molecule has 1 aliphatic rings. The molecule has 386 valence electrons. The van der Waals surface area contributed by atoms with Crippen molar-refractivity contribution in [1.82, 2.24) is 9.55 Å². The second kappa shape index (κ2) is 19.4. The molecule has 12 rings (SSSR count). The predicted octanol–water partition coefficient (Wildman–Crippen LogP) is 19.2. The Labute approximate surface area is 461 Å². The fourth-order valence-corrected chi connectivity index (χ4v) is 11.6. The Kier molecular flexibility index (Phi) is 12.5. The molecule has 11 aromatic rings. The minimum atomic E-state index is -0.278. The first-order chi connectivity index (χ1) is 37.5. The third-order valence-corrected chi connectivity index (χ3v) is 16.8. The number of benzene rings is 9. The molecule has 78 heavy (non-hydrogen) atoms. The van der Waals surface area contributed by atoms with E-state index in [1.807, 2.05) is 6.20 Å². The van der Waals surface area contributed by atoms with E-state index in [9.17, 15) is 0 Å². The van der Waals surface area contributed by atoms with Crippen LogP contribution in [0.5, 0.6) is 11.5 Å². The van der Waals surface area contributed by atoms with Crippen molar-refractivity contribution in [3.05, 3.63) is 276 Å². The van der Waals surface area contributed by atoms with Gasteiger partial charge in [0.25, 0.3) is 0 Å². The number of ether oxygens (including phenoxy) is 1. The van der Waals surface area contributed by atoms with Crippen LogP contribution in [0.4, 0.5) is 22.7 Å². The van der Waals surface area contributed by atoms with Crippen molar-refractivity contribution < 1.29 is 4.74 Å². The Morgan fingerprint density at radius 2 is 0.936 bits per heavy atom. The number of hydrogen-bond donors (Lipinski definition) is 0. The largest absolute Gasteiger partial charge is 0.457 e. The first kappa shape index (κ1) is 50.2. The van der Waals surface area contributed by atoms with Crippen LogP contribution in [-0.4, -0.2) is 16.2 Å². The third-order valence-electron chi connectivity index (χ3n) is 16.8. The zero-order chi connectivity index (χ0) is 54.0. The van der Waals surface area contributed by atoms with E-state index in [1.165, 1.54) is 61.1 Å². The fourth-order valence-electron chi connectivity index (χ4n) is 11.6. The molecule has 0 saturated carbocycles. The summed E-state index contributed by atoms with van der Waals surface area (Å²) in [6.07, 6.45) is 1.94. The van der Waals surface area contributed by atoms with Gasteiger partial charge in [-0.05, 0) is 128 Å². The maximum absolute atomic E-state index is 6.97. The summed E-state index contributed by atoms with van der Waals surface area (Å²) in [5, 5.41) is 2.31. The average Bonchev–Trinajstić information content (AvgIpc) is 4.17. The summed E-state index contributed by atoms with van der Waals surface area (Å²) in [6.45, 7) is 21.5. The van der Waals surface area contributed by atoms with E-state index in [0.29, 0.717) is 6.67 Å². The van der Waals surface area contributed by atoms with Crippen LogP contribution in [0, 0.1) is 0 Å². The highest BCUT2D eigenvalue weighted by Gasteiger charge is 2.35. The number of nitrogens with zero attached hydrogens (tertiary/aromatic N) is 4. The second-order valence-corrected chi connectivity index (χ2v) is 23.8.